The summed E-state index contributed by atoms with van der Waals surface area (Å²) < 4.78 is 0. The second-order valence-corrected chi connectivity index (χ2v) is 9.24. The first kappa shape index (κ1) is 23.7. The molecule has 0 saturated carbocycles. The minimum atomic E-state index is -0.205. The lowest BCUT2D eigenvalue weighted by molar-refractivity contribution is -0.133. The fourth-order valence-electron chi connectivity index (χ4n) is 4.74. The summed E-state index contributed by atoms with van der Waals surface area (Å²) in [5.74, 6) is 0.0848. The Bertz CT molecular complexity index is 913. The van der Waals surface area contributed by atoms with Gasteiger partial charge in [0.05, 0.1) is 17.4 Å². The summed E-state index contributed by atoms with van der Waals surface area (Å²) in [6, 6.07) is 8.59. The Hall–Kier alpha value is -2.98. The largest absolute Gasteiger partial charge is 0.393 e. The van der Waals surface area contributed by atoms with E-state index in [-0.39, 0.29) is 23.3 Å². The predicted octanol–water partition coefficient (Wildman–Crippen LogP) is 2.98. The number of nitrogens with zero attached hydrogens (tertiary/aromatic N) is 5. The summed E-state index contributed by atoms with van der Waals surface area (Å²) in [4.78, 5) is 21.6. The van der Waals surface area contributed by atoms with E-state index in [0.717, 1.165) is 43.0 Å². The molecule has 0 bridgehead atoms. The third-order valence-electron chi connectivity index (χ3n) is 6.81. The average molecular weight is 437 g/mol. The number of nitrogens with one attached hydrogen (secondary N) is 1. The van der Waals surface area contributed by atoms with Crippen molar-refractivity contribution in [2.45, 2.75) is 32.9 Å². The molecule has 1 unspecified atom stereocenters. The molecule has 2 aliphatic rings. The van der Waals surface area contributed by atoms with E-state index in [1.54, 1.807) is 6.20 Å². The van der Waals surface area contributed by atoms with Crippen LogP contribution in [0.25, 0.3) is 0 Å². The molecule has 2 fully saturated rings. The number of likely N-dealkylation sites (tertiary alicyclic amines) is 1. The van der Waals surface area contributed by atoms with Gasteiger partial charge in [-0.05, 0) is 57.3 Å². The second-order valence-electron chi connectivity index (χ2n) is 9.24. The van der Waals surface area contributed by atoms with Crippen molar-refractivity contribution in [1.82, 2.24) is 15.1 Å². The van der Waals surface area contributed by atoms with Crippen LogP contribution in [0, 0.1) is 22.7 Å². The van der Waals surface area contributed by atoms with E-state index in [9.17, 15) is 10.1 Å². The molecule has 2 aliphatic heterocycles. The Morgan fingerprint density at radius 3 is 2.69 bits per heavy atom. The number of carbonyl (C=O) groups excluding carboxylic acids is 1. The summed E-state index contributed by atoms with van der Waals surface area (Å²) in [6.07, 6.45) is 6.56. The monoisotopic (exact) mass is 436 g/mol. The highest BCUT2D eigenvalue weighted by molar-refractivity contribution is 6.01. The molecule has 1 aromatic carbocycles. The van der Waals surface area contributed by atoms with E-state index >= 15 is 0 Å². The number of carbonyl (C=O) groups is 1. The molecular weight excluding hydrogens is 400 g/mol. The molecule has 0 radical (unpaired) electrons. The molecule has 1 N–H and O–H groups in total. The van der Waals surface area contributed by atoms with Gasteiger partial charge in [0.15, 0.2) is 0 Å². The molecule has 172 valence electrons. The van der Waals surface area contributed by atoms with Crippen molar-refractivity contribution < 1.29 is 4.79 Å². The lowest BCUT2D eigenvalue weighted by atomic mass is 9.79. The maximum atomic E-state index is 13.2. The quantitative estimate of drug-likeness (QED) is 0.642. The standard InChI is InChI=1S/C25H36N6O/c1-7-28(5)16-21-14-22(31-12-10-25(24(31)32)17-29(6)18-25)8-9-23(21)30(13-11-27-4)20(3)19(2)15-26/h7-9,11,13-14,19-20,27H,1,10,12,16-18H2,2-6H3/b13-11-/t19?,20-/m0/s1. The Labute approximate surface area is 192 Å². The Morgan fingerprint density at radius 1 is 1.38 bits per heavy atom. The zero-order valence-corrected chi connectivity index (χ0v) is 20.0. The summed E-state index contributed by atoms with van der Waals surface area (Å²) in [6.45, 7) is 11.0. The van der Waals surface area contributed by atoms with E-state index in [1.807, 2.05) is 49.3 Å². The number of hydrogen-bond acceptors (Lipinski definition) is 6. The van der Waals surface area contributed by atoms with E-state index in [0.29, 0.717) is 6.54 Å². The van der Waals surface area contributed by atoms with Crippen molar-refractivity contribution in [3.63, 3.8) is 0 Å². The third-order valence-corrected chi connectivity index (χ3v) is 6.81. The number of rotatable bonds is 9. The first-order valence-corrected chi connectivity index (χ1v) is 11.2. The van der Waals surface area contributed by atoms with Crippen molar-refractivity contribution in [2.24, 2.45) is 11.3 Å². The summed E-state index contributed by atoms with van der Waals surface area (Å²) in [7, 11) is 5.91. The molecule has 1 aromatic rings. The number of benzene rings is 1. The molecule has 2 saturated heterocycles. The van der Waals surface area contributed by atoms with E-state index < -0.39 is 0 Å². The molecular formula is C25H36N6O. The van der Waals surface area contributed by atoms with Crippen LogP contribution in [0.2, 0.25) is 0 Å². The molecule has 7 nitrogen and oxygen atoms in total. The van der Waals surface area contributed by atoms with E-state index in [4.69, 9.17) is 0 Å². The average Bonchev–Trinajstić information content (AvgIpc) is 3.10. The van der Waals surface area contributed by atoms with Crippen molar-refractivity contribution in [3.8, 4) is 6.07 Å². The van der Waals surface area contributed by atoms with E-state index in [1.165, 1.54) is 0 Å². The molecule has 2 heterocycles. The lowest BCUT2D eigenvalue weighted by Crippen LogP contribution is -2.58. The van der Waals surface area contributed by atoms with Gasteiger partial charge in [-0.1, -0.05) is 6.58 Å². The minimum absolute atomic E-state index is 0.0227. The van der Waals surface area contributed by atoms with Crippen LogP contribution in [0.5, 0.6) is 0 Å². The van der Waals surface area contributed by atoms with Gasteiger partial charge in [-0.3, -0.25) is 4.79 Å². The van der Waals surface area contributed by atoms with Crippen LogP contribution >= 0.6 is 0 Å². The van der Waals surface area contributed by atoms with Crippen LogP contribution in [-0.2, 0) is 11.3 Å². The van der Waals surface area contributed by atoms with Crippen molar-refractivity contribution in [2.75, 3.05) is 50.6 Å². The van der Waals surface area contributed by atoms with Crippen LogP contribution in [0.15, 0.2) is 43.4 Å². The highest BCUT2D eigenvalue weighted by Gasteiger charge is 2.53. The van der Waals surface area contributed by atoms with Crippen molar-refractivity contribution in [3.05, 3.63) is 48.9 Å². The first-order valence-electron chi connectivity index (χ1n) is 11.2. The zero-order chi connectivity index (χ0) is 23.5. The van der Waals surface area contributed by atoms with Gasteiger partial charge in [-0.15, -0.1) is 0 Å². The van der Waals surface area contributed by atoms with Crippen LogP contribution < -0.4 is 15.1 Å². The molecule has 7 heteroatoms. The van der Waals surface area contributed by atoms with Crippen molar-refractivity contribution in [1.29, 1.82) is 5.26 Å². The third kappa shape index (κ3) is 4.46. The number of amides is 1. The fraction of sp³-hybridized carbons (Fsp3) is 0.520. The van der Waals surface area contributed by atoms with Gasteiger partial charge in [0, 0.05) is 70.1 Å². The zero-order valence-electron chi connectivity index (χ0n) is 20.0. The second kappa shape index (κ2) is 9.66. The maximum absolute atomic E-state index is 13.2. The smallest absolute Gasteiger partial charge is 0.235 e. The van der Waals surface area contributed by atoms with Crippen LogP contribution in [-0.4, -0.2) is 62.5 Å². The number of anilines is 2. The number of nitriles is 1. The Kier molecular flexibility index (Phi) is 7.15. The molecule has 2 atom stereocenters. The predicted molar refractivity (Wildman–Crippen MR) is 130 cm³/mol. The minimum Gasteiger partial charge on any atom is -0.393 e. The normalized spacial score (nSPS) is 19.5. The number of hydrogen-bond donors (Lipinski definition) is 1. The van der Waals surface area contributed by atoms with Crippen LogP contribution in [0.3, 0.4) is 0 Å². The van der Waals surface area contributed by atoms with Crippen LogP contribution in [0.1, 0.15) is 25.8 Å². The summed E-state index contributed by atoms with van der Waals surface area (Å²) in [5.41, 5.74) is 2.84. The Morgan fingerprint density at radius 2 is 2.09 bits per heavy atom. The summed E-state index contributed by atoms with van der Waals surface area (Å²) in [5, 5.41) is 12.6. The molecule has 1 amide bonds. The van der Waals surface area contributed by atoms with Gasteiger partial charge < -0.3 is 24.9 Å². The van der Waals surface area contributed by atoms with Gasteiger partial charge in [-0.2, -0.15) is 5.26 Å². The summed E-state index contributed by atoms with van der Waals surface area (Å²) >= 11 is 0. The van der Waals surface area contributed by atoms with Crippen LogP contribution in [0.4, 0.5) is 11.4 Å². The Balaban J connectivity index is 1.99. The van der Waals surface area contributed by atoms with Gasteiger partial charge in [0.25, 0.3) is 0 Å². The molecule has 32 heavy (non-hydrogen) atoms. The van der Waals surface area contributed by atoms with E-state index in [2.05, 4.69) is 53.9 Å². The van der Waals surface area contributed by atoms with Gasteiger partial charge >= 0.3 is 0 Å². The van der Waals surface area contributed by atoms with Gasteiger partial charge in [-0.25, -0.2) is 0 Å². The first-order chi connectivity index (χ1) is 15.3. The lowest BCUT2D eigenvalue weighted by Gasteiger charge is -2.44. The van der Waals surface area contributed by atoms with Gasteiger partial charge in [0.2, 0.25) is 5.91 Å². The molecule has 0 aliphatic carbocycles. The highest BCUT2D eigenvalue weighted by atomic mass is 16.2. The molecule has 1 spiro atoms. The van der Waals surface area contributed by atoms with Gasteiger partial charge in [0.1, 0.15) is 0 Å². The SMILES string of the molecule is C=CN(C)Cc1cc(N2CCC3(CN(C)C3)C2=O)ccc1N(/C=C\NC)[C@@H](C)C(C)C#N. The topological polar surface area (TPSA) is 65.8 Å². The molecule has 0 aromatic heterocycles. The molecule has 3 rings (SSSR count). The van der Waals surface area contributed by atoms with Crippen molar-refractivity contribution >= 4 is 17.3 Å². The maximum Gasteiger partial charge on any atom is 0.235 e. The fourth-order valence-corrected chi connectivity index (χ4v) is 4.74. The highest BCUT2D eigenvalue weighted by Crippen LogP contribution is 2.42.